The summed E-state index contributed by atoms with van der Waals surface area (Å²) in [6.45, 7) is 6.52. The minimum Gasteiger partial charge on any atom is -0.368 e. The van der Waals surface area contributed by atoms with Crippen LogP contribution in [0.4, 0.5) is 0 Å². The molecule has 0 saturated carbocycles. The first kappa shape index (κ1) is 18.9. The number of hydrogen-bond acceptors (Lipinski definition) is 3. The number of hydrogen-bond donors (Lipinski definition) is 2. The van der Waals surface area contributed by atoms with Crippen LogP contribution in [0.1, 0.15) is 29.5 Å². The SMILES string of the molecule is COC1(C(=O)NCCc2cc(C)cc(C)c2)CCNCC1.Cl. The highest BCUT2D eigenvalue weighted by Gasteiger charge is 2.39. The van der Waals surface area contributed by atoms with Gasteiger partial charge < -0.3 is 15.4 Å². The third kappa shape index (κ3) is 4.70. The van der Waals surface area contributed by atoms with Crippen LogP contribution in [-0.2, 0) is 16.0 Å². The smallest absolute Gasteiger partial charge is 0.252 e. The summed E-state index contributed by atoms with van der Waals surface area (Å²) < 4.78 is 5.53. The number of carbonyl (C=O) groups is 1. The van der Waals surface area contributed by atoms with Crippen LogP contribution in [0.25, 0.3) is 0 Å². The van der Waals surface area contributed by atoms with Gasteiger partial charge in [-0.3, -0.25) is 4.79 Å². The Morgan fingerprint density at radius 3 is 2.36 bits per heavy atom. The van der Waals surface area contributed by atoms with Crippen molar-refractivity contribution < 1.29 is 9.53 Å². The zero-order valence-electron chi connectivity index (χ0n) is 13.7. The van der Waals surface area contributed by atoms with E-state index >= 15 is 0 Å². The summed E-state index contributed by atoms with van der Waals surface area (Å²) in [5.41, 5.74) is 3.16. The standard InChI is InChI=1S/C17H26N2O2.ClH/c1-13-10-14(2)12-15(11-13)4-7-19-16(20)17(21-3)5-8-18-9-6-17;/h10-12,18H,4-9H2,1-3H3,(H,19,20);1H. The average molecular weight is 327 g/mol. The van der Waals surface area contributed by atoms with Crippen LogP contribution in [-0.4, -0.2) is 38.3 Å². The second kappa shape index (κ2) is 8.51. The first-order valence-electron chi connectivity index (χ1n) is 7.67. The predicted molar refractivity (Wildman–Crippen MR) is 91.7 cm³/mol. The van der Waals surface area contributed by atoms with Crippen molar-refractivity contribution in [3.8, 4) is 0 Å². The number of halogens is 1. The van der Waals surface area contributed by atoms with Gasteiger partial charge in [0.15, 0.2) is 0 Å². The Morgan fingerprint density at radius 2 is 1.82 bits per heavy atom. The van der Waals surface area contributed by atoms with Crippen LogP contribution in [0.2, 0.25) is 0 Å². The number of aryl methyl sites for hydroxylation is 2. The van der Waals surface area contributed by atoms with Gasteiger partial charge in [-0.15, -0.1) is 12.4 Å². The van der Waals surface area contributed by atoms with Crippen molar-refractivity contribution in [2.24, 2.45) is 0 Å². The van der Waals surface area contributed by atoms with Crippen LogP contribution in [0.15, 0.2) is 18.2 Å². The van der Waals surface area contributed by atoms with Crippen molar-refractivity contribution >= 4 is 18.3 Å². The first-order valence-corrected chi connectivity index (χ1v) is 7.67. The van der Waals surface area contributed by atoms with Gasteiger partial charge in [0.05, 0.1) is 0 Å². The normalized spacial score (nSPS) is 16.7. The summed E-state index contributed by atoms with van der Waals surface area (Å²) in [4.78, 5) is 12.4. The van der Waals surface area contributed by atoms with Gasteiger partial charge in [-0.05, 0) is 51.8 Å². The van der Waals surface area contributed by atoms with Crippen molar-refractivity contribution in [1.82, 2.24) is 10.6 Å². The maximum atomic E-state index is 12.4. The number of methoxy groups -OCH3 is 1. The zero-order chi connectivity index (χ0) is 15.3. The fraction of sp³-hybridized carbons (Fsp3) is 0.588. The second-order valence-corrected chi connectivity index (χ2v) is 5.95. The van der Waals surface area contributed by atoms with E-state index in [9.17, 15) is 4.79 Å². The van der Waals surface area contributed by atoms with Crippen LogP contribution < -0.4 is 10.6 Å². The van der Waals surface area contributed by atoms with E-state index in [1.54, 1.807) is 7.11 Å². The average Bonchev–Trinajstić information content (AvgIpc) is 2.47. The van der Waals surface area contributed by atoms with E-state index in [0.717, 1.165) is 32.4 Å². The van der Waals surface area contributed by atoms with E-state index in [1.165, 1.54) is 16.7 Å². The lowest BCUT2D eigenvalue weighted by molar-refractivity contribution is -0.146. The quantitative estimate of drug-likeness (QED) is 0.871. The number of nitrogens with one attached hydrogen (secondary N) is 2. The van der Waals surface area contributed by atoms with Crippen LogP contribution in [0.5, 0.6) is 0 Å². The Balaban J connectivity index is 0.00000242. The predicted octanol–water partition coefficient (Wildman–Crippen LogP) is 2.15. The Hall–Kier alpha value is -1.10. The molecular weight excluding hydrogens is 300 g/mol. The molecule has 22 heavy (non-hydrogen) atoms. The third-order valence-electron chi connectivity index (χ3n) is 4.20. The number of carbonyl (C=O) groups excluding carboxylic acids is 1. The molecule has 0 aliphatic carbocycles. The van der Waals surface area contributed by atoms with Gasteiger partial charge in [0.25, 0.3) is 5.91 Å². The van der Waals surface area contributed by atoms with Crippen LogP contribution in [0, 0.1) is 13.8 Å². The Labute approximate surface area is 139 Å². The third-order valence-corrected chi connectivity index (χ3v) is 4.20. The van der Waals surface area contributed by atoms with Crippen molar-refractivity contribution in [1.29, 1.82) is 0 Å². The van der Waals surface area contributed by atoms with Crippen molar-refractivity contribution in [3.63, 3.8) is 0 Å². The molecule has 0 atom stereocenters. The molecule has 124 valence electrons. The molecule has 5 heteroatoms. The molecule has 0 spiro atoms. The van der Waals surface area contributed by atoms with E-state index in [2.05, 4.69) is 42.7 Å². The number of ether oxygens (including phenoxy) is 1. The maximum Gasteiger partial charge on any atom is 0.252 e. The lowest BCUT2D eigenvalue weighted by atomic mass is 9.91. The molecule has 1 aromatic carbocycles. The molecule has 0 unspecified atom stereocenters. The molecule has 0 radical (unpaired) electrons. The van der Waals surface area contributed by atoms with Crippen LogP contribution >= 0.6 is 12.4 Å². The van der Waals surface area contributed by atoms with Gasteiger partial charge in [0.1, 0.15) is 5.60 Å². The summed E-state index contributed by atoms with van der Waals surface area (Å²) in [5, 5.41) is 6.30. The highest BCUT2D eigenvalue weighted by molar-refractivity contribution is 5.85. The first-order chi connectivity index (χ1) is 10.1. The number of piperidine rings is 1. The Bertz CT molecular complexity index is 479. The van der Waals surface area contributed by atoms with Gasteiger partial charge in [-0.2, -0.15) is 0 Å². The number of amides is 1. The fourth-order valence-electron chi connectivity index (χ4n) is 3.05. The molecule has 1 amide bonds. The summed E-state index contributed by atoms with van der Waals surface area (Å²) >= 11 is 0. The van der Waals surface area contributed by atoms with Gasteiger partial charge in [-0.25, -0.2) is 0 Å². The van der Waals surface area contributed by atoms with E-state index in [1.807, 2.05) is 0 Å². The molecule has 1 saturated heterocycles. The highest BCUT2D eigenvalue weighted by atomic mass is 35.5. The largest absolute Gasteiger partial charge is 0.368 e. The topological polar surface area (TPSA) is 50.4 Å². The molecule has 1 aromatic rings. The maximum absolute atomic E-state index is 12.4. The summed E-state index contributed by atoms with van der Waals surface area (Å²) in [6.07, 6.45) is 2.32. The molecule has 1 heterocycles. The molecule has 0 bridgehead atoms. The molecule has 0 aromatic heterocycles. The van der Waals surface area contributed by atoms with E-state index in [4.69, 9.17) is 4.74 Å². The van der Waals surface area contributed by atoms with E-state index in [-0.39, 0.29) is 18.3 Å². The number of benzene rings is 1. The van der Waals surface area contributed by atoms with Gasteiger partial charge in [-0.1, -0.05) is 29.3 Å². The van der Waals surface area contributed by atoms with Crippen molar-refractivity contribution in [3.05, 3.63) is 34.9 Å². The molecule has 1 aliphatic heterocycles. The second-order valence-electron chi connectivity index (χ2n) is 5.95. The van der Waals surface area contributed by atoms with E-state index < -0.39 is 5.60 Å². The van der Waals surface area contributed by atoms with E-state index in [0.29, 0.717) is 6.54 Å². The Morgan fingerprint density at radius 1 is 1.23 bits per heavy atom. The fourth-order valence-corrected chi connectivity index (χ4v) is 3.05. The molecular formula is C17H27ClN2O2. The summed E-state index contributed by atoms with van der Waals surface area (Å²) in [7, 11) is 1.63. The minimum absolute atomic E-state index is 0. The van der Waals surface area contributed by atoms with Gasteiger partial charge >= 0.3 is 0 Å². The van der Waals surface area contributed by atoms with Crippen molar-refractivity contribution in [2.75, 3.05) is 26.7 Å². The molecule has 4 nitrogen and oxygen atoms in total. The van der Waals surface area contributed by atoms with Crippen molar-refractivity contribution in [2.45, 2.75) is 38.7 Å². The molecule has 1 fully saturated rings. The van der Waals surface area contributed by atoms with Gasteiger partial charge in [0, 0.05) is 13.7 Å². The summed E-state index contributed by atoms with van der Waals surface area (Å²) in [5.74, 6) is 0.0240. The molecule has 2 N–H and O–H groups in total. The monoisotopic (exact) mass is 326 g/mol. The Kier molecular flexibility index (Phi) is 7.33. The molecule has 2 rings (SSSR count). The summed E-state index contributed by atoms with van der Waals surface area (Å²) in [6, 6.07) is 6.52. The van der Waals surface area contributed by atoms with Crippen LogP contribution in [0.3, 0.4) is 0 Å². The number of rotatable bonds is 5. The lowest BCUT2D eigenvalue weighted by Gasteiger charge is -2.34. The molecule has 1 aliphatic rings. The minimum atomic E-state index is -0.645. The van der Waals surface area contributed by atoms with Gasteiger partial charge in [0.2, 0.25) is 0 Å². The highest BCUT2D eigenvalue weighted by Crippen LogP contribution is 2.22. The zero-order valence-corrected chi connectivity index (χ0v) is 14.5. The lowest BCUT2D eigenvalue weighted by Crippen LogP contribution is -2.54.